The lowest BCUT2D eigenvalue weighted by Gasteiger charge is -2.18. The van der Waals surface area contributed by atoms with Crippen molar-refractivity contribution in [1.82, 2.24) is 9.29 Å². The summed E-state index contributed by atoms with van der Waals surface area (Å²) >= 11 is 5.85. The number of hydrogen-bond acceptors (Lipinski definition) is 5. The van der Waals surface area contributed by atoms with Crippen LogP contribution in [0.5, 0.6) is 5.75 Å². The third kappa shape index (κ3) is 3.61. The first-order valence-electron chi connectivity index (χ1n) is 7.70. The number of sulfonamides is 1. The number of rotatable bonds is 4. The highest BCUT2D eigenvalue weighted by Gasteiger charge is 2.35. The molecule has 0 amide bonds. The topological polar surface area (TPSA) is 83.3 Å². The zero-order valence-electron chi connectivity index (χ0n) is 13.5. The van der Waals surface area contributed by atoms with E-state index in [2.05, 4.69) is 4.98 Å². The van der Waals surface area contributed by atoms with Gasteiger partial charge in [0.2, 0.25) is 10.0 Å². The highest BCUT2D eigenvalue weighted by Crippen LogP contribution is 2.28. The second-order valence-electron chi connectivity index (χ2n) is 5.73. The molecule has 0 bridgehead atoms. The molecule has 0 radical (unpaired) electrons. The van der Waals surface area contributed by atoms with Gasteiger partial charge in [0.05, 0.1) is 17.8 Å². The molecule has 0 saturated carbocycles. The minimum absolute atomic E-state index is 0.0300. The van der Waals surface area contributed by atoms with Gasteiger partial charge in [-0.25, -0.2) is 8.42 Å². The lowest BCUT2D eigenvalue weighted by molar-refractivity contribution is 0.213. The number of nitrogens with zero attached hydrogens (tertiary/aromatic N) is 3. The predicted molar refractivity (Wildman–Crippen MR) is 92.9 cm³/mol. The van der Waals surface area contributed by atoms with Crippen molar-refractivity contribution < 1.29 is 13.2 Å². The van der Waals surface area contributed by atoms with E-state index in [0.717, 1.165) is 5.69 Å². The van der Waals surface area contributed by atoms with Crippen LogP contribution < -0.4 is 4.74 Å². The van der Waals surface area contributed by atoms with Crippen LogP contribution in [-0.4, -0.2) is 36.9 Å². The third-order valence-corrected chi connectivity index (χ3v) is 6.20. The monoisotopic (exact) mass is 377 g/mol. The number of benzene rings is 1. The average Bonchev–Trinajstić information content (AvgIpc) is 3.06. The molecule has 0 aliphatic carbocycles. The second-order valence-corrected chi connectivity index (χ2v) is 8.07. The van der Waals surface area contributed by atoms with Gasteiger partial charge >= 0.3 is 0 Å². The average molecular weight is 378 g/mol. The van der Waals surface area contributed by atoms with Crippen LogP contribution in [0.3, 0.4) is 0 Å². The normalized spacial score (nSPS) is 18.0. The number of hydrogen-bond donors (Lipinski definition) is 0. The molecule has 1 aliphatic heterocycles. The van der Waals surface area contributed by atoms with Crippen molar-refractivity contribution in [2.75, 3.05) is 13.1 Å². The largest absolute Gasteiger partial charge is 0.487 e. The fourth-order valence-electron chi connectivity index (χ4n) is 2.74. The summed E-state index contributed by atoms with van der Waals surface area (Å²) in [4.78, 5) is 4.13. The third-order valence-electron chi connectivity index (χ3n) is 4.04. The van der Waals surface area contributed by atoms with E-state index in [-0.39, 0.29) is 23.1 Å². The maximum Gasteiger partial charge on any atom is 0.244 e. The van der Waals surface area contributed by atoms with E-state index in [1.165, 1.54) is 22.5 Å². The Kier molecular flexibility index (Phi) is 4.95. The van der Waals surface area contributed by atoms with Gasteiger partial charge in [-0.05, 0) is 43.7 Å². The molecule has 0 N–H and O–H groups in total. The maximum absolute atomic E-state index is 12.9. The first-order chi connectivity index (χ1) is 11.9. The summed E-state index contributed by atoms with van der Waals surface area (Å²) < 4.78 is 32.9. The van der Waals surface area contributed by atoms with Gasteiger partial charge in [0.25, 0.3) is 0 Å². The highest BCUT2D eigenvalue weighted by atomic mass is 35.5. The summed E-state index contributed by atoms with van der Waals surface area (Å²) in [6.07, 6.45) is 2.00. The molecular formula is C17H16ClN3O3S. The molecule has 1 saturated heterocycles. The Morgan fingerprint density at radius 3 is 2.92 bits per heavy atom. The van der Waals surface area contributed by atoms with E-state index in [1.807, 2.05) is 19.1 Å². The maximum atomic E-state index is 12.9. The summed E-state index contributed by atoms with van der Waals surface area (Å²) in [5.41, 5.74) is 0.799. The lowest BCUT2D eigenvalue weighted by Crippen LogP contribution is -2.31. The van der Waals surface area contributed by atoms with Crippen molar-refractivity contribution in [2.24, 2.45) is 0 Å². The molecule has 2 heterocycles. The number of aromatic nitrogens is 1. The van der Waals surface area contributed by atoms with Crippen LogP contribution in [0.2, 0.25) is 5.02 Å². The predicted octanol–water partition coefficient (Wildman–Crippen LogP) is 2.76. The minimum atomic E-state index is -3.78. The Bertz CT molecular complexity index is 940. The quantitative estimate of drug-likeness (QED) is 0.818. The zero-order chi connectivity index (χ0) is 18.0. The molecule has 25 heavy (non-hydrogen) atoms. The highest BCUT2D eigenvalue weighted by molar-refractivity contribution is 7.89. The van der Waals surface area contributed by atoms with E-state index in [4.69, 9.17) is 16.3 Å². The SMILES string of the molecule is Cc1ncccc1O[C@H]1CCN(S(=O)(=O)c2ccc(Cl)cc2C#N)C1. The number of ether oxygens (including phenoxy) is 1. The molecule has 2 aromatic rings. The van der Waals surface area contributed by atoms with Gasteiger partial charge in [-0.15, -0.1) is 0 Å². The van der Waals surface area contributed by atoms with Crippen molar-refractivity contribution in [1.29, 1.82) is 5.26 Å². The molecule has 130 valence electrons. The van der Waals surface area contributed by atoms with E-state index >= 15 is 0 Å². The Morgan fingerprint density at radius 2 is 2.20 bits per heavy atom. The smallest absolute Gasteiger partial charge is 0.244 e. The van der Waals surface area contributed by atoms with Crippen LogP contribution in [0.4, 0.5) is 0 Å². The van der Waals surface area contributed by atoms with Gasteiger partial charge in [0.1, 0.15) is 22.8 Å². The van der Waals surface area contributed by atoms with Crippen molar-refractivity contribution in [3.63, 3.8) is 0 Å². The molecule has 0 unspecified atom stereocenters. The van der Waals surface area contributed by atoms with Gasteiger partial charge in [-0.2, -0.15) is 9.57 Å². The molecular weight excluding hydrogens is 362 g/mol. The Hall–Kier alpha value is -2.14. The first-order valence-corrected chi connectivity index (χ1v) is 9.51. The van der Waals surface area contributed by atoms with Gasteiger partial charge in [0.15, 0.2) is 0 Å². The van der Waals surface area contributed by atoms with Gasteiger partial charge in [-0.3, -0.25) is 4.98 Å². The molecule has 1 aromatic heterocycles. The lowest BCUT2D eigenvalue weighted by atomic mass is 10.2. The van der Waals surface area contributed by atoms with E-state index in [0.29, 0.717) is 23.7 Å². The van der Waals surface area contributed by atoms with Crippen molar-refractivity contribution >= 4 is 21.6 Å². The standard InChI is InChI=1S/C17H16ClN3O3S/c1-12-16(3-2-7-20-12)24-15-6-8-21(11-15)25(22,23)17-5-4-14(18)9-13(17)10-19/h2-5,7,9,15H,6,8,11H2,1H3/t15-/m0/s1. The van der Waals surface area contributed by atoms with Crippen LogP contribution in [0.15, 0.2) is 41.4 Å². The number of aryl methyl sites for hydroxylation is 1. The van der Waals surface area contributed by atoms with Gasteiger partial charge in [-0.1, -0.05) is 11.6 Å². The molecule has 1 fully saturated rings. The summed E-state index contributed by atoms with van der Waals surface area (Å²) in [6.45, 7) is 2.40. The number of pyridine rings is 1. The van der Waals surface area contributed by atoms with Crippen molar-refractivity contribution in [3.8, 4) is 11.8 Å². The fraction of sp³-hybridized carbons (Fsp3) is 0.294. The Labute approximate surface area is 151 Å². The molecule has 8 heteroatoms. The fourth-order valence-corrected chi connectivity index (χ4v) is 4.52. The summed E-state index contributed by atoms with van der Waals surface area (Å²) in [6, 6.07) is 9.68. The van der Waals surface area contributed by atoms with Gasteiger partial charge in [0, 0.05) is 17.8 Å². The summed E-state index contributed by atoms with van der Waals surface area (Å²) in [5.74, 6) is 0.649. The van der Waals surface area contributed by atoms with E-state index < -0.39 is 10.0 Å². The van der Waals surface area contributed by atoms with E-state index in [1.54, 1.807) is 12.3 Å². The molecule has 0 spiro atoms. The minimum Gasteiger partial charge on any atom is -0.487 e. The van der Waals surface area contributed by atoms with Crippen molar-refractivity contribution in [3.05, 3.63) is 52.8 Å². The molecule has 6 nitrogen and oxygen atoms in total. The summed E-state index contributed by atoms with van der Waals surface area (Å²) in [7, 11) is -3.78. The number of halogens is 1. The molecule has 1 aromatic carbocycles. The van der Waals surface area contributed by atoms with Gasteiger partial charge < -0.3 is 4.74 Å². The van der Waals surface area contributed by atoms with Crippen LogP contribution in [0.1, 0.15) is 17.7 Å². The number of nitriles is 1. The van der Waals surface area contributed by atoms with Crippen molar-refractivity contribution in [2.45, 2.75) is 24.3 Å². The Balaban J connectivity index is 1.80. The molecule has 3 rings (SSSR count). The van der Waals surface area contributed by atoms with E-state index in [9.17, 15) is 13.7 Å². The zero-order valence-corrected chi connectivity index (χ0v) is 15.1. The van der Waals surface area contributed by atoms with Crippen LogP contribution >= 0.6 is 11.6 Å². The second kappa shape index (κ2) is 7.00. The Morgan fingerprint density at radius 1 is 1.40 bits per heavy atom. The van der Waals surface area contributed by atoms with Crippen LogP contribution in [0.25, 0.3) is 0 Å². The molecule has 1 atom stereocenters. The first kappa shape index (κ1) is 17.7. The summed E-state index contributed by atoms with van der Waals surface area (Å²) in [5, 5.41) is 9.53. The molecule has 1 aliphatic rings. The van der Waals surface area contributed by atoms with Crippen LogP contribution in [-0.2, 0) is 10.0 Å². The van der Waals surface area contributed by atoms with Crippen LogP contribution in [0, 0.1) is 18.3 Å².